The Balaban J connectivity index is 1.52. The molecule has 6 heteroatoms. The molecule has 0 bridgehead atoms. The molecule has 0 N–H and O–H groups in total. The van der Waals surface area contributed by atoms with Gasteiger partial charge in [-0.05, 0) is 47.0 Å². The summed E-state index contributed by atoms with van der Waals surface area (Å²) in [7, 11) is 0. The number of carbonyl (C=O) groups is 2. The minimum atomic E-state index is -0.287. The molecule has 0 atom stereocenters. The van der Waals surface area contributed by atoms with E-state index in [1.165, 1.54) is 16.0 Å². The summed E-state index contributed by atoms with van der Waals surface area (Å²) in [5.74, 6) is -0.287. The van der Waals surface area contributed by atoms with Crippen LogP contribution < -0.4 is 0 Å². The van der Waals surface area contributed by atoms with Crippen molar-refractivity contribution in [2.24, 2.45) is 0 Å². The predicted octanol–water partition coefficient (Wildman–Crippen LogP) is 7.14. The van der Waals surface area contributed by atoms with Crippen LogP contribution in [0.4, 0.5) is 4.79 Å². The van der Waals surface area contributed by atoms with E-state index < -0.39 is 0 Å². The number of hydrogen-bond donors (Lipinski definition) is 0. The third-order valence-corrected chi connectivity index (χ3v) is 7.31. The first-order chi connectivity index (χ1) is 16.5. The van der Waals surface area contributed by atoms with Gasteiger partial charge in [-0.3, -0.25) is 14.5 Å². The smallest absolute Gasteiger partial charge is 0.293 e. The van der Waals surface area contributed by atoms with E-state index in [1.807, 2.05) is 42.5 Å². The van der Waals surface area contributed by atoms with Crippen molar-refractivity contribution < 1.29 is 9.59 Å². The number of para-hydroxylation sites is 1. The highest BCUT2D eigenvalue weighted by molar-refractivity contribution is 8.18. The zero-order chi connectivity index (χ0) is 23.7. The molecule has 34 heavy (non-hydrogen) atoms. The first-order valence-electron chi connectivity index (χ1n) is 11.2. The number of aryl methyl sites for hydroxylation is 1. The monoisotopic (exact) mass is 486 g/mol. The van der Waals surface area contributed by atoms with Crippen LogP contribution in [0.5, 0.6) is 0 Å². The van der Waals surface area contributed by atoms with E-state index in [1.54, 1.807) is 6.07 Å². The molecule has 1 saturated heterocycles. The molecule has 0 saturated carbocycles. The second kappa shape index (κ2) is 9.53. The number of hydrogen-bond acceptors (Lipinski definition) is 3. The Hall–Kier alpha value is -3.28. The fraction of sp³-hybridized carbons (Fsp3) is 0.143. The van der Waals surface area contributed by atoms with Crippen molar-refractivity contribution in [3.63, 3.8) is 0 Å². The molecule has 4 aromatic rings. The standard InChI is InChI=1S/C28H23ClN2O2S/c1-2-20-12-8-13-23-22(17-30(26(20)23)16-19-9-4-3-5-10-19)15-25-27(32)31(28(33)34-25)18-21-11-6-7-14-24(21)29/h3-15,17H,2,16,18H2,1H3/b25-15-. The molecule has 4 nitrogen and oxygen atoms in total. The summed E-state index contributed by atoms with van der Waals surface area (Å²) in [6.45, 7) is 3.04. The van der Waals surface area contributed by atoms with Crippen LogP contribution in [0.15, 0.2) is 83.9 Å². The Morgan fingerprint density at radius 1 is 0.882 bits per heavy atom. The average molecular weight is 487 g/mol. The highest BCUT2D eigenvalue weighted by Crippen LogP contribution is 2.36. The maximum absolute atomic E-state index is 13.2. The largest absolute Gasteiger partial charge is 0.342 e. The van der Waals surface area contributed by atoms with Crippen LogP contribution in [0.3, 0.4) is 0 Å². The molecule has 170 valence electrons. The molecule has 0 unspecified atom stereocenters. The number of halogens is 1. The molecular formula is C28H23ClN2O2S. The molecule has 1 fully saturated rings. The molecule has 5 rings (SSSR count). The van der Waals surface area contributed by atoms with Gasteiger partial charge in [0.2, 0.25) is 0 Å². The fourth-order valence-corrected chi connectivity index (χ4v) is 5.37. The highest BCUT2D eigenvalue weighted by atomic mass is 35.5. The van der Waals surface area contributed by atoms with Gasteiger partial charge in [-0.25, -0.2) is 0 Å². The lowest BCUT2D eigenvalue weighted by molar-refractivity contribution is -0.123. The number of fused-ring (bicyclic) bond motifs is 1. The third kappa shape index (κ3) is 4.29. The van der Waals surface area contributed by atoms with Crippen LogP contribution in [0.2, 0.25) is 5.02 Å². The van der Waals surface area contributed by atoms with Crippen molar-refractivity contribution in [3.05, 3.63) is 111 Å². The average Bonchev–Trinajstić information content (AvgIpc) is 3.33. The van der Waals surface area contributed by atoms with Crippen LogP contribution in [0.1, 0.15) is 29.2 Å². The summed E-state index contributed by atoms with van der Waals surface area (Å²) in [6.07, 6.45) is 4.84. The van der Waals surface area contributed by atoms with E-state index in [4.69, 9.17) is 11.6 Å². The molecule has 0 radical (unpaired) electrons. The van der Waals surface area contributed by atoms with Gasteiger partial charge < -0.3 is 4.57 Å². The zero-order valence-corrected chi connectivity index (χ0v) is 20.3. The summed E-state index contributed by atoms with van der Waals surface area (Å²) in [5.41, 5.74) is 5.30. The normalized spacial score (nSPS) is 15.1. The van der Waals surface area contributed by atoms with Crippen molar-refractivity contribution in [1.29, 1.82) is 0 Å². The molecule has 1 aromatic heterocycles. The Morgan fingerprint density at radius 2 is 1.62 bits per heavy atom. The minimum absolute atomic E-state index is 0.164. The summed E-state index contributed by atoms with van der Waals surface area (Å²) >= 11 is 7.23. The van der Waals surface area contributed by atoms with E-state index in [0.717, 1.165) is 46.8 Å². The highest BCUT2D eigenvalue weighted by Gasteiger charge is 2.35. The first-order valence-corrected chi connectivity index (χ1v) is 12.4. The molecule has 1 aliphatic heterocycles. The number of aromatic nitrogens is 1. The van der Waals surface area contributed by atoms with E-state index in [-0.39, 0.29) is 17.7 Å². The summed E-state index contributed by atoms with van der Waals surface area (Å²) < 4.78 is 2.24. The van der Waals surface area contributed by atoms with Crippen LogP contribution in [-0.2, 0) is 24.3 Å². The molecule has 2 amide bonds. The fourth-order valence-electron chi connectivity index (χ4n) is 4.35. The van der Waals surface area contributed by atoms with E-state index in [2.05, 4.69) is 48.0 Å². The number of nitrogens with zero attached hydrogens (tertiary/aromatic N) is 2. The van der Waals surface area contributed by atoms with Gasteiger partial charge in [0.1, 0.15) is 0 Å². The van der Waals surface area contributed by atoms with Crippen molar-refractivity contribution in [2.45, 2.75) is 26.4 Å². The lowest BCUT2D eigenvalue weighted by atomic mass is 10.1. The van der Waals surface area contributed by atoms with Crippen LogP contribution >= 0.6 is 23.4 Å². The topological polar surface area (TPSA) is 42.3 Å². The van der Waals surface area contributed by atoms with Gasteiger partial charge in [0.05, 0.1) is 17.0 Å². The molecule has 0 aliphatic carbocycles. The number of amides is 2. The van der Waals surface area contributed by atoms with Crippen molar-refractivity contribution in [3.8, 4) is 0 Å². The maximum atomic E-state index is 13.2. The molecule has 2 heterocycles. The van der Waals surface area contributed by atoms with Gasteiger partial charge >= 0.3 is 0 Å². The quantitative estimate of drug-likeness (QED) is 0.272. The first kappa shape index (κ1) is 22.5. The number of thioether (sulfide) groups is 1. The maximum Gasteiger partial charge on any atom is 0.293 e. The molecule has 1 aliphatic rings. The second-order valence-electron chi connectivity index (χ2n) is 8.22. The summed E-state index contributed by atoms with van der Waals surface area (Å²) in [5, 5.41) is 1.34. The van der Waals surface area contributed by atoms with E-state index in [9.17, 15) is 9.59 Å². The van der Waals surface area contributed by atoms with Gasteiger partial charge in [-0.15, -0.1) is 0 Å². The zero-order valence-electron chi connectivity index (χ0n) is 18.7. The molecule has 3 aromatic carbocycles. The van der Waals surface area contributed by atoms with Gasteiger partial charge in [0.25, 0.3) is 11.1 Å². The lowest BCUT2D eigenvalue weighted by Gasteiger charge is -2.13. The Kier molecular flexibility index (Phi) is 6.31. The second-order valence-corrected chi connectivity index (χ2v) is 9.62. The van der Waals surface area contributed by atoms with Gasteiger partial charge in [0.15, 0.2) is 0 Å². The van der Waals surface area contributed by atoms with Crippen LogP contribution in [-0.4, -0.2) is 20.6 Å². The minimum Gasteiger partial charge on any atom is -0.342 e. The van der Waals surface area contributed by atoms with Crippen LogP contribution in [0.25, 0.3) is 17.0 Å². The van der Waals surface area contributed by atoms with Crippen molar-refractivity contribution in [1.82, 2.24) is 9.47 Å². The van der Waals surface area contributed by atoms with Gasteiger partial charge in [-0.2, -0.15) is 0 Å². The Labute approximate surface area is 207 Å². The van der Waals surface area contributed by atoms with E-state index >= 15 is 0 Å². The number of benzene rings is 3. The molecule has 0 spiro atoms. The number of rotatable bonds is 6. The summed E-state index contributed by atoms with van der Waals surface area (Å²) in [6, 6.07) is 23.9. The van der Waals surface area contributed by atoms with Crippen molar-refractivity contribution in [2.75, 3.05) is 0 Å². The Bertz CT molecular complexity index is 1430. The van der Waals surface area contributed by atoms with Crippen molar-refractivity contribution >= 4 is 51.5 Å². The van der Waals surface area contributed by atoms with E-state index in [0.29, 0.717) is 9.93 Å². The SMILES string of the molecule is CCc1cccc2c(/C=C3\SC(=O)N(Cc4ccccc4Cl)C3=O)cn(Cc3ccccc3)c12. The lowest BCUT2D eigenvalue weighted by Crippen LogP contribution is -2.27. The number of imide groups is 1. The predicted molar refractivity (Wildman–Crippen MR) is 140 cm³/mol. The Morgan fingerprint density at radius 3 is 2.38 bits per heavy atom. The summed E-state index contributed by atoms with van der Waals surface area (Å²) in [4.78, 5) is 27.5. The third-order valence-electron chi connectivity index (χ3n) is 6.04. The molecular weight excluding hydrogens is 464 g/mol. The van der Waals surface area contributed by atoms with Crippen LogP contribution in [0, 0.1) is 0 Å². The number of carbonyl (C=O) groups excluding carboxylic acids is 2. The van der Waals surface area contributed by atoms with Gasteiger partial charge in [0, 0.05) is 28.7 Å². The van der Waals surface area contributed by atoms with Gasteiger partial charge in [-0.1, -0.05) is 85.3 Å².